The highest BCUT2D eigenvalue weighted by Gasteiger charge is 2.42. The number of rotatable bonds is 7. The lowest BCUT2D eigenvalue weighted by atomic mass is 9.75. The second-order valence-corrected chi connectivity index (χ2v) is 8.86. The van der Waals surface area contributed by atoms with Crippen LogP contribution in [0.3, 0.4) is 0 Å². The second-order valence-electron chi connectivity index (χ2n) is 8.86. The number of pyridine rings is 2. The van der Waals surface area contributed by atoms with Gasteiger partial charge in [0.2, 0.25) is 11.8 Å². The van der Waals surface area contributed by atoms with Crippen molar-refractivity contribution >= 4 is 11.7 Å². The molecule has 1 saturated carbocycles. The van der Waals surface area contributed by atoms with Crippen LogP contribution < -0.4 is 9.64 Å². The van der Waals surface area contributed by atoms with Gasteiger partial charge in [0.25, 0.3) is 0 Å². The summed E-state index contributed by atoms with van der Waals surface area (Å²) in [4.78, 5) is 26.0. The zero-order chi connectivity index (χ0) is 23.4. The molecule has 2 aromatic rings. The van der Waals surface area contributed by atoms with Gasteiger partial charge in [-0.3, -0.25) is 4.79 Å². The summed E-state index contributed by atoms with van der Waals surface area (Å²) < 4.78 is 11.5. The number of piperazine rings is 1. The van der Waals surface area contributed by atoms with Gasteiger partial charge in [-0.25, -0.2) is 9.97 Å². The molecule has 8 heteroatoms. The van der Waals surface area contributed by atoms with E-state index in [4.69, 9.17) is 14.7 Å². The van der Waals surface area contributed by atoms with E-state index in [1.807, 2.05) is 23.1 Å². The third-order valence-electron chi connectivity index (χ3n) is 6.85. The standard InChI is InChI=1S/C25H31N5O3/c1-4-21-16-29(15-18(2)30(21)22-7-6-19(13-26)14-28-22)24(31)17-33-25(9-5-10-25)20-8-11-27-23(12-20)32-3/h6-8,11-12,14,18,21H,4-5,9-10,15-17H2,1-3H3. The van der Waals surface area contributed by atoms with Crippen LogP contribution in [0, 0.1) is 11.3 Å². The molecule has 4 rings (SSSR count). The molecule has 2 unspecified atom stereocenters. The molecular weight excluding hydrogens is 418 g/mol. The fourth-order valence-electron chi connectivity index (χ4n) is 4.84. The van der Waals surface area contributed by atoms with Crippen LogP contribution in [-0.2, 0) is 15.1 Å². The first kappa shape index (κ1) is 23.0. The van der Waals surface area contributed by atoms with Crippen molar-refractivity contribution in [2.24, 2.45) is 0 Å². The van der Waals surface area contributed by atoms with Gasteiger partial charge in [0.05, 0.1) is 18.3 Å². The Kier molecular flexibility index (Phi) is 6.80. The van der Waals surface area contributed by atoms with Gasteiger partial charge >= 0.3 is 0 Å². The maximum absolute atomic E-state index is 13.2. The normalized spacial score (nSPS) is 21.8. The van der Waals surface area contributed by atoms with E-state index in [0.29, 0.717) is 24.5 Å². The minimum Gasteiger partial charge on any atom is -0.481 e. The van der Waals surface area contributed by atoms with Gasteiger partial charge in [0.15, 0.2) is 0 Å². The Morgan fingerprint density at radius 2 is 2.09 bits per heavy atom. The first-order valence-corrected chi connectivity index (χ1v) is 11.6. The predicted molar refractivity (Wildman–Crippen MR) is 124 cm³/mol. The number of hydrogen-bond donors (Lipinski definition) is 0. The van der Waals surface area contributed by atoms with Crippen molar-refractivity contribution in [3.05, 3.63) is 47.8 Å². The summed E-state index contributed by atoms with van der Waals surface area (Å²) in [7, 11) is 1.60. The third-order valence-corrected chi connectivity index (χ3v) is 6.85. The number of nitrogens with zero attached hydrogens (tertiary/aromatic N) is 5. The maximum Gasteiger partial charge on any atom is 0.248 e. The van der Waals surface area contributed by atoms with E-state index < -0.39 is 5.60 Å². The van der Waals surface area contributed by atoms with Crippen molar-refractivity contribution in [3.8, 4) is 11.9 Å². The van der Waals surface area contributed by atoms with E-state index in [2.05, 4.69) is 34.8 Å². The number of aromatic nitrogens is 2. The number of anilines is 1. The van der Waals surface area contributed by atoms with Gasteiger partial charge in [-0.2, -0.15) is 5.26 Å². The van der Waals surface area contributed by atoms with E-state index in [0.717, 1.165) is 37.1 Å². The smallest absolute Gasteiger partial charge is 0.248 e. The Morgan fingerprint density at radius 1 is 1.27 bits per heavy atom. The Morgan fingerprint density at radius 3 is 2.70 bits per heavy atom. The molecule has 1 aliphatic heterocycles. The first-order valence-electron chi connectivity index (χ1n) is 11.6. The topological polar surface area (TPSA) is 91.6 Å². The van der Waals surface area contributed by atoms with Crippen molar-refractivity contribution < 1.29 is 14.3 Å². The van der Waals surface area contributed by atoms with Crippen LogP contribution in [0.2, 0.25) is 0 Å². The molecule has 0 radical (unpaired) electrons. The van der Waals surface area contributed by atoms with Crippen molar-refractivity contribution in [3.63, 3.8) is 0 Å². The summed E-state index contributed by atoms with van der Waals surface area (Å²) in [6.07, 6.45) is 7.07. The summed E-state index contributed by atoms with van der Waals surface area (Å²) in [6.45, 7) is 5.53. The number of hydrogen-bond acceptors (Lipinski definition) is 7. The molecule has 2 atom stereocenters. The zero-order valence-electron chi connectivity index (χ0n) is 19.5. The first-order chi connectivity index (χ1) is 16.0. The minimum atomic E-state index is -0.435. The molecule has 1 aliphatic carbocycles. The number of ether oxygens (including phenoxy) is 2. The summed E-state index contributed by atoms with van der Waals surface area (Å²) in [6, 6.07) is 9.91. The molecule has 0 spiro atoms. The SMILES string of the molecule is CCC1CN(C(=O)COC2(c3ccnc(OC)c3)CCC2)CC(C)N1c1ccc(C#N)cn1. The molecule has 8 nitrogen and oxygen atoms in total. The van der Waals surface area contributed by atoms with Crippen molar-refractivity contribution in [2.75, 3.05) is 31.7 Å². The highest BCUT2D eigenvalue weighted by molar-refractivity contribution is 5.78. The van der Waals surface area contributed by atoms with Crippen LogP contribution in [-0.4, -0.2) is 59.7 Å². The van der Waals surface area contributed by atoms with E-state index in [-0.39, 0.29) is 24.6 Å². The molecule has 1 amide bonds. The molecule has 2 aliphatic rings. The van der Waals surface area contributed by atoms with Gasteiger partial charge in [-0.1, -0.05) is 6.92 Å². The predicted octanol–water partition coefficient (Wildman–Crippen LogP) is 3.27. The third kappa shape index (κ3) is 4.64. The molecule has 0 N–H and O–H groups in total. The average Bonchev–Trinajstić information content (AvgIpc) is 2.83. The lowest BCUT2D eigenvalue weighted by Gasteiger charge is -2.47. The fraction of sp³-hybridized carbons (Fsp3) is 0.520. The monoisotopic (exact) mass is 449 g/mol. The number of carbonyl (C=O) groups is 1. The van der Waals surface area contributed by atoms with Crippen molar-refractivity contribution in [1.29, 1.82) is 5.26 Å². The van der Waals surface area contributed by atoms with Gasteiger partial charge in [0.1, 0.15) is 18.5 Å². The zero-order valence-corrected chi connectivity index (χ0v) is 19.5. The van der Waals surface area contributed by atoms with E-state index in [9.17, 15) is 4.79 Å². The summed E-state index contributed by atoms with van der Waals surface area (Å²) in [5.41, 5.74) is 1.13. The Bertz CT molecular complexity index is 1020. The molecule has 174 valence electrons. The quantitative estimate of drug-likeness (QED) is 0.641. The molecule has 1 saturated heterocycles. The number of methoxy groups -OCH3 is 1. The number of nitriles is 1. The molecule has 2 fully saturated rings. The minimum absolute atomic E-state index is 0.0139. The number of carbonyl (C=O) groups excluding carboxylic acids is 1. The summed E-state index contributed by atoms with van der Waals surface area (Å²) >= 11 is 0. The molecule has 3 heterocycles. The summed E-state index contributed by atoms with van der Waals surface area (Å²) in [5.74, 6) is 1.41. The molecule has 2 aromatic heterocycles. The Labute approximate surface area is 195 Å². The van der Waals surface area contributed by atoms with Gasteiger partial charge in [-0.05, 0) is 56.4 Å². The summed E-state index contributed by atoms with van der Waals surface area (Å²) in [5, 5.41) is 9.04. The maximum atomic E-state index is 13.2. The van der Waals surface area contributed by atoms with Crippen molar-refractivity contribution in [1.82, 2.24) is 14.9 Å². The van der Waals surface area contributed by atoms with Crippen LogP contribution in [0.5, 0.6) is 5.88 Å². The van der Waals surface area contributed by atoms with E-state index in [1.165, 1.54) is 0 Å². The molecule has 33 heavy (non-hydrogen) atoms. The van der Waals surface area contributed by atoms with Gasteiger partial charge in [0, 0.05) is 43.6 Å². The number of amides is 1. The van der Waals surface area contributed by atoms with Gasteiger partial charge in [-0.15, -0.1) is 0 Å². The van der Waals surface area contributed by atoms with Gasteiger partial charge < -0.3 is 19.3 Å². The highest BCUT2D eigenvalue weighted by atomic mass is 16.5. The van der Waals surface area contributed by atoms with Crippen LogP contribution in [0.4, 0.5) is 5.82 Å². The van der Waals surface area contributed by atoms with Crippen LogP contribution in [0.1, 0.15) is 50.7 Å². The Balaban J connectivity index is 1.42. The van der Waals surface area contributed by atoms with Crippen molar-refractivity contribution in [2.45, 2.75) is 57.2 Å². The van der Waals surface area contributed by atoms with Crippen LogP contribution >= 0.6 is 0 Å². The van der Waals surface area contributed by atoms with Crippen LogP contribution in [0.25, 0.3) is 0 Å². The average molecular weight is 450 g/mol. The molecule has 0 bridgehead atoms. The lowest BCUT2D eigenvalue weighted by Crippen LogP contribution is -2.60. The highest BCUT2D eigenvalue weighted by Crippen LogP contribution is 2.45. The van der Waals surface area contributed by atoms with Crippen LogP contribution in [0.15, 0.2) is 36.7 Å². The fourth-order valence-corrected chi connectivity index (χ4v) is 4.84. The Hall–Kier alpha value is -3.18. The lowest BCUT2D eigenvalue weighted by molar-refractivity contribution is -0.154. The van der Waals surface area contributed by atoms with E-state index >= 15 is 0 Å². The van der Waals surface area contributed by atoms with E-state index in [1.54, 1.807) is 25.6 Å². The molecular formula is C25H31N5O3. The second kappa shape index (κ2) is 9.75. The largest absolute Gasteiger partial charge is 0.481 e. The molecule has 0 aromatic carbocycles.